The Kier molecular flexibility index (Phi) is 8.05. The number of thiophene rings is 1. The van der Waals surface area contributed by atoms with E-state index in [2.05, 4.69) is 42.9 Å². The summed E-state index contributed by atoms with van der Waals surface area (Å²) in [7, 11) is 0. The number of likely N-dealkylation sites (tertiary alicyclic amines) is 1. The molecule has 0 aromatic carbocycles. The number of hydrogen-bond acceptors (Lipinski definition) is 6. The molecule has 1 aliphatic heterocycles. The van der Waals surface area contributed by atoms with Crippen LogP contribution >= 0.6 is 11.3 Å². The molecule has 2 amide bonds. The second-order valence-corrected chi connectivity index (χ2v) is 9.94. The second-order valence-electron chi connectivity index (χ2n) is 8.94. The lowest BCUT2D eigenvalue weighted by Crippen LogP contribution is -2.44. The number of fused-ring (bicyclic) bond motifs is 1. The molecule has 0 aliphatic carbocycles. The molecule has 8 nitrogen and oxygen atoms in total. The van der Waals surface area contributed by atoms with Gasteiger partial charge < -0.3 is 15.1 Å². The van der Waals surface area contributed by atoms with Gasteiger partial charge in [-0.05, 0) is 43.8 Å². The summed E-state index contributed by atoms with van der Waals surface area (Å²) in [5.74, 6) is 0.675. The maximum Gasteiger partial charge on any atom is 0.262 e. The lowest BCUT2D eigenvalue weighted by atomic mass is 9.92. The van der Waals surface area contributed by atoms with Gasteiger partial charge in [-0.2, -0.15) is 0 Å². The predicted molar refractivity (Wildman–Crippen MR) is 128 cm³/mol. The largest absolute Gasteiger partial charge is 0.350 e. The van der Waals surface area contributed by atoms with Crippen LogP contribution in [0.1, 0.15) is 49.4 Å². The van der Waals surface area contributed by atoms with E-state index in [4.69, 9.17) is 0 Å². The highest BCUT2D eigenvalue weighted by Crippen LogP contribution is 2.27. The van der Waals surface area contributed by atoms with Crippen molar-refractivity contribution in [3.8, 4) is 0 Å². The molecule has 1 N–H and O–H groups in total. The maximum absolute atomic E-state index is 13.1. The normalized spacial score (nSPS) is 19.0. The predicted octanol–water partition coefficient (Wildman–Crippen LogP) is 2.34. The summed E-state index contributed by atoms with van der Waals surface area (Å²) in [4.78, 5) is 48.2. The Balaban J connectivity index is 1.75. The highest BCUT2D eigenvalue weighted by molar-refractivity contribution is 7.20. The van der Waals surface area contributed by atoms with Crippen LogP contribution in [0.4, 0.5) is 0 Å². The van der Waals surface area contributed by atoms with Gasteiger partial charge in [0.2, 0.25) is 5.91 Å². The highest BCUT2D eigenvalue weighted by atomic mass is 32.1. The summed E-state index contributed by atoms with van der Waals surface area (Å²) < 4.78 is 1.37. The fourth-order valence-electron chi connectivity index (χ4n) is 4.55. The van der Waals surface area contributed by atoms with Gasteiger partial charge in [0.15, 0.2) is 0 Å². The van der Waals surface area contributed by atoms with Crippen molar-refractivity contribution >= 4 is 33.4 Å². The van der Waals surface area contributed by atoms with Gasteiger partial charge in [0.1, 0.15) is 11.4 Å². The SMILES string of the molecule is CCN(CC)CCNC(=O)c1sc2ncn(CC(=O)N3CC(C)CC(C)C3)c(=O)c2c1C. The first-order valence-electron chi connectivity index (χ1n) is 11.5. The van der Waals surface area contributed by atoms with E-state index in [0.29, 0.717) is 39.0 Å². The summed E-state index contributed by atoms with van der Waals surface area (Å²) in [5, 5.41) is 3.38. The quantitative estimate of drug-likeness (QED) is 0.652. The average Bonchev–Trinajstić information content (AvgIpc) is 3.09. The van der Waals surface area contributed by atoms with Crippen molar-refractivity contribution in [2.24, 2.45) is 11.8 Å². The van der Waals surface area contributed by atoms with Gasteiger partial charge in [-0.3, -0.25) is 19.0 Å². The first-order valence-corrected chi connectivity index (χ1v) is 12.3. The molecule has 0 spiro atoms. The van der Waals surface area contributed by atoms with Crippen LogP contribution in [-0.4, -0.2) is 70.4 Å². The van der Waals surface area contributed by atoms with Crippen molar-refractivity contribution in [3.05, 3.63) is 27.1 Å². The Morgan fingerprint density at radius 2 is 1.88 bits per heavy atom. The molecular weight excluding hydrogens is 426 g/mol. The lowest BCUT2D eigenvalue weighted by molar-refractivity contribution is -0.134. The van der Waals surface area contributed by atoms with Crippen LogP contribution in [0.25, 0.3) is 10.2 Å². The molecule has 0 radical (unpaired) electrons. The van der Waals surface area contributed by atoms with Gasteiger partial charge in [-0.25, -0.2) is 4.98 Å². The van der Waals surface area contributed by atoms with Crippen LogP contribution in [0.15, 0.2) is 11.1 Å². The first-order chi connectivity index (χ1) is 15.2. The summed E-state index contributed by atoms with van der Waals surface area (Å²) >= 11 is 1.23. The van der Waals surface area contributed by atoms with E-state index in [-0.39, 0.29) is 23.9 Å². The Bertz CT molecular complexity index is 1020. The first kappa shape index (κ1) is 24.4. The van der Waals surface area contributed by atoms with Crippen molar-refractivity contribution in [2.75, 3.05) is 39.3 Å². The zero-order valence-electron chi connectivity index (χ0n) is 19.8. The molecule has 1 saturated heterocycles. The number of likely N-dealkylation sites (N-methyl/N-ethyl adjacent to an activating group) is 1. The van der Waals surface area contributed by atoms with Crippen molar-refractivity contribution in [3.63, 3.8) is 0 Å². The fraction of sp³-hybridized carbons (Fsp3) is 0.652. The monoisotopic (exact) mass is 461 g/mol. The third-order valence-electron chi connectivity index (χ3n) is 6.26. The number of carbonyl (C=O) groups is 2. The van der Waals surface area contributed by atoms with E-state index in [0.717, 1.165) is 39.1 Å². The number of nitrogens with one attached hydrogen (secondary N) is 1. The standard InChI is InChI=1S/C23H35N5O3S/c1-6-26(7-2)9-8-24-21(30)20-17(5)19-22(32-20)25-14-28(23(19)31)13-18(29)27-11-15(3)10-16(4)12-27/h14-16H,6-13H2,1-5H3,(H,24,30). The van der Waals surface area contributed by atoms with Crippen molar-refractivity contribution < 1.29 is 9.59 Å². The third-order valence-corrected chi connectivity index (χ3v) is 7.46. The number of nitrogens with zero attached hydrogens (tertiary/aromatic N) is 4. The van der Waals surface area contributed by atoms with Gasteiger partial charge in [0, 0.05) is 26.2 Å². The topological polar surface area (TPSA) is 87.5 Å². The number of aryl methyl sites for hydroxylation is 1. The van der Waals surface area contributed by atoms with Crippen molar-refractivity contribution in [2.45, 2.75) is 47.6 Å². The number of hydrogen-bond donors (Lipinski definition) is 1. The zero-order chi connectivity index (χ0) is 23.4. The number of rotatable bonds is 8. The number of aromatic nitrogens is 2. The minimum atomic E-state index is -0.266. The maximum atomic E-state index is 13.1. The van der Waals surface area contributed by atoms with Gasteiger partial charge in [0.05, 0.1) is 16.6 Å². The van der Waals surface area contributed by atoms with Crippen LogP contribution in [0.3, 0.4) is 0 Å². The summed E-state index contributed by atoms with van der Waals surface area (Å²) in [6.45, 7) is 14.9. The van der Waals surface area contributed by atoms with E-state index in [1.807, 2.05) is 4.90 Å². The summed E-state index contributed by atoms with van der Waals surface area (Å²) in [6.07, 6.45) is 2.54. The molecule has 0 saturated carbocycles. The van der Waals surface area contributed by atoms with Gasteiger partial charge >= 0.3 is 0 Å². The van der Waals surface area contributed by atoms with E-state index in [1.165, 1.54) is 22.2 Å². The molecule has 3 rings (SSSR count). The lowest BCUT2D eigenvalue weighted by Gasteiger charge is -2.35. The van der Waals surface area contributed by atoms with Crippen LogP contribution in [0, 0.1) is 18.8 Å². The van der Waals surface area contributed by atoms with E-state index in [9.17, 15) is 14.4 Å². The Hall–Kier alpha value is -2.26. The molecule has 1 fully saturated rings. The summed E-state index contributed by atoms with van der Waals surface area (Å²) in [6, 6.07) is 0. The van der Waals surface area contributed by atoms with E-state index in [1.54, 1.807) is 6.92 Å². The number of piperidine rings is 1. The Morgan fingerprint density at radius 3 is 2.50 bits per heavy atom. The fourth-order valence-corrected chi connectivity index (χ4v) is 5.60. The molecule has 1 aliphatic rings. The van der Waals surface area contributed by atoms with Gasteiger partial charge in [0.25, 0.3) is 11.5 Å². The minimum Gasteiger partial charge on any atom is -0.350 e. The van der Waals surface area contributed by atoms with Gasteiger partial charge in [-0.15, -0.1) is 11.3 Å². The van der Waals surface area contributed by atoms with E-state index >= 15 is 0 Å². The molecule has 9 heteroatoms. The molecule has 176 valence electrons. The van der Waals surface area contributed by atoms with Crippen LogP contribution in [0.5, 0.6) is 0 Å². The van der Waals surface area contributed by atoms with E-state index < -0.39 is 0 Å². The minimum absolute atomic E-state index is 0.0259. The molecule has 2 unspecified atom stereocenters. The molecular formula is C23H35N5O3S. The Labute approximate surface area is 193 Å². The Morgan fingerprint density at radius 1 is 1.22 bits per heavy atom. The number of carbonyl (C=O) groups excluding carboxylic acids is 2. The molecule has 2 atom stereocenters. The third kappa shape index (κ3) is 5.38. The number of amides is 2. The smallest absolute Gasteiger partial charge is 0.262 e. The average molecular weight is 462 g/mol. The molecule has 32 heavy (non-hydrogen) atoms. The van der Waals surface area contributed by atoms with Crippen LogP contribution < -0.4 is 10.9 Å². The zero-order valence-corrected chi connectivity index (χ0v) is 20.6. The van der Waals surface area contributed by atoms with Gasteiger partial charge in [-0.1, -0.05) is 27.7 Å². The van der Waals surface area contributed by atoms with Crippen LogP contribution in [-0.2, 0) is 11.3 Å². The summed E-state index contributed by atoms with van der Waals surface area (Å²) in [5.41, 5.74) is 0.363. The highest BCUT2D eigenvalue weighted by Gasteiger charge is 2.26. The van der Waals surface area contributed by atoms with Crippen LogP contribution in [0.2, 0.25) is 0 Å². The molecule has 2 aromatic heterocycles. The molecule has 0 bridgehead atoms. The van der Waals surface area contributed by atoms with Crippen molar-refractivity contribution in [1.29, 1.82) is 0 Å². The second kappa shape index (κ2) is 10.6. The molecule has 3 heterocycles. The van der Waals surface area contributed by atoms with Crippen molar-refractivity contribution in [1.82, 2.24) is 24.7 Å². The molecule has 2 aromatic rings.